The van der Waals surface area contributed by atoms with Crippen LogP contribution >= 0.6 is 0 Å². The van der Waals surface area contributed by atoms with Gasteiger partial charge in [-0.2, -0.15) is 0 Å². The Morgan fingerprint density at radius 1 is 1.27 bits per heavy atom. The van der Waals surface area contributed by atoms with Crippen LogP contribution in [0.1, 0.15) is 15.9 Å². The molecule has 2 aromatic carbocycles. The number of nitro benzene ring substituents is 1. The third-order valence-corrected chi connectivity index (χ3v) is 3.29. The highest BCUT2D eigenvalue weighted by molar-refractivity contribution is 5.92. The minimum Gasteiger partial charge on any atom is -0.478 e. The number of oxazole rings is 1. The Bertz CT molecular complexity index is 913. The van der Waals surface area contributed by atoms with Gasteiger partial charge in [0.15, 0.2) is 5.58 Å². The Kier molecular flexibility index (Phi) is 3.10. The fraction of sp³-hybridized carbons (Fsp3) is 0.0667. The van der Waals surface area contributed by atoms with Crippen molar-refractivity contribution >= 4 is 22.8 Å². The number of aryl methyl sites for hydroxylation is 1. The standard InChI is InChI=1S/C15H10N2O5/c1-8-2-3-9(6-12(8)17(20)21)14-16-11-5-4-10(15(18)19)7-13(11)22-14/h2-7H,1H3,(H,18,19). The number of aromatic carboxylic acids is 1. The summed E-state index contributed by atoms with van der Waals surface area (Å²) in [5.74, 6) is -0.855. The van der Waals surface area contributed by atoms with Crippen molar-refractivity contribution < 1.29 is 19.2 Å². The van der Waals surface area contributed by atoms with E-state index in [0.717, 1.165) is 0 Å². The fourth-order valence-corrected chi connectivity index (χ4v) is 2.12. The first-order valence-electron chi connectivity index (χ1n) is 6.35. The molecule has 0 unspecified atom stereocenters. The van der Waals surface area contributed by atoms with Crippen LogP contribution in [-0.2, 0) is 0 Å². The summed E-state index contributed by atoms with van der Waals surface area (Å²) in [6, 6.07) is 9.01. The number of hydrogen-bond acceptors (Lipinski definition) is 5. The average molecular weight is 298 g/mol. The van der Waals surface area contributed by atoms with Crippen LogP contribution in [0.3, 0.4) is 0 Å². The van der Waals surface area contributed by atoms with Gasteiger partial charge in [-0.05, 0) is 31.2 Å². The zero-order chi connectivity index (χ0) is 15.9. The van der Waals surface area contributed by atoms with E-state index in [2.05, 4.69) is 4.98 Å². The highest BCUT2D eigenvalue weighted by Crippen LogP contribution is 2.29. The smallest absolute Gasteiger partial charge is 0.335 e. The zero-order valence-electron chi connectivity index (χ0n) is 11.4. The Morgan fingerprint density at radius 3 is 2.73 bits per heavy atom. The van der Waals surface area contributed by atoms with Gasteiger partial charge in [-0.3, -0.25) is 10.1 Å². The van der Waals surface area contributed by atoms with Crippen molar-refractivity contribution in [2.24, 2.45) is 0 Å². The molecule has 3 aromatic rings. The minimum atomic E-state index is -1.06. The van der Waals surface area contributed by atoms with Gasteiger partial charge < -0.3 is 9.52 Å². The monoisotopic (exact) mass is 298 g/mol. The van der Waals surface area contributed by atoms with Crippen LogP contribution in [0.25, 0.3) is 22.6 Å². The summed E-state index contributed by atoms with van der Waals surface area (Å²) in [5, 5.41) is 19.9. The summed E-state index contributed by atoms with van der Waals surface area (Å²) in [5.41, 5.74) is 1.88. The molecule has 0 fully saturated rings. The first-order chi connectivity index (χ1) is 10.5. The molecule has 0 aliphatic carbocycles. The number of carboxylic acid groups (broad SMARTS) is 1. The van der Waals surface area contributed by atoms with Crippen LogP contribution in [0.15, 0.2) is 40.8 Å². The molecule has 1 heterocycles. The molecule has 0 saturated carbocycles. The maximum absolute atomic E-state index is 11.0. The maximum atomic E-state index is 11.0. The summed E-state index contributed by atoms with van der Waals surface area (Å²) in [6.07, 6.45) is 0. The largest absolute Gasteiger partial charge is 0.478 e. The second kappa shape index (κ2) is 4.96. The zero-order valence-corrected chi connectivity index (χ0v) is 11.4. The van der Waals surface area contributed by atoms with E-state index in [1.165, 1.54) is 24.3 Å². The normalized spacial score (nSPS) is 10.8. The SMILES string of the molecule is Cc1ccc(-c2nc3ccc(C(=O)O)cc3o2)cc1[N+](=O)[O-]. The second-order valence-electron chi connectivity index (χ2n) is 4.77. The fourth-order valence-electron chi connectivity index (χ4n) is 2.12. The molecule has 1 aromatic heterocycles. The summed E-state index contributed by atoms with van der Waals surface area (Å²) in [4.78, 5) is 25.7. The van der Waals surface area contributed by atoms with Gasteiger partial charge in [0, 0.05) is 17.2 Å². The molecule has 0 saturated heterocycles. The van der Waals surface area contributed by atoms with Gasteiger partial charge >= 0.3 is 5.97 Å². The van der Waals surface area contributed by atoms with E-state index in [9.17, 15) is 14.9 Å². The van der Waals surface area contributed by atoms with Crippen molar-refractivity contribution in [3.8, 4) is 11.5 Å². The third kappa shape index (κ3) is 2.28. The third-order valence-electron chi connectivity index (χ3n) is 3.29. The lowest BCUT2D eigenvalue weighted by Gasteiger charge is -1.99. The van der Waals surface area contributed by atoms with E-state index in [0.29, 0.717) is 22.2 Å². The average Bonchev–Trinajstić information content (AvgIpc) is 2.90. The van der Waals surface area contributed by atoms with Crippen LogP contribution in [0.4, 0.5) is 5.69 Å². The van der Waals surface area contributed by atoms with E-state index >= 15 is 0 Å². The van der Waals surface area contributed by atoms with Crippen molar-refractivity contribution in [3.05, 3.63) is 57.6 Å². The summed E-state index contributed by atoms with van der Waals surface area (Å²) in [7, 11) is 0. The summed E-state index contributed by atoms with van der Waals surface area (Å²) >= 11 is 0. The number of hydrogen-bond donors (Lipinski definition) is 1. The van der Waals surface area contributed by atoms with Crippen LogP contribution < -0.4 is 0 Å². The Morgan fingerprint density at radius 2 is 2.05 bits per heavy atom. The van der Waals surface area contributed by atoms with Crippen molar-refractivity contribution in [1.82, 2.24) is 4.98 Å². The lowest BCUT2D eigenvalue weighted by molar-refractivity contribution is -0.385. The van der Waals surface area contributed by atoms with Crippen LogP contribution in [0.2, 0.25) is 0 Å². The molecule has 7 heteroatoms. The number of carboxylic acids is 1. The van der Waals surface area contributed by atoms with Gasteiger partial charge in [0.1, 0.15) is 5.52 Å². The van der Waals surface area contributed by atoms with Crippen molar-refractivity contribution in [3.63, 3.8) is 0 Å². The van der Waals surface area contributed by atoms with Crippen molar-refractivity contribution in [2.45, 2.75) is 6.92 Å². The van der Waals surface area contributed by atoms with Crippen LogP contribution in [0, 0.1) is 17.0 Å². The number of nitro groups is 1. The topological polar surface area (TPSA) is 106 Å². The van der Waals surface area contributed by atoms with Crippen LogP contribution in [0.5, 0.6) is 0 Å². The minimum absolute atomic E-state index is 0.0222. The number of carbonyl (C=O) groups is 1. The Balaban J connectivity index is 2.12. The van der Waals surface area contributed by atoms with Gasteiger partial charge in [-0.25, -0.2) is 9.78 Å². The lowest BCUT2D eigenvalue weighted by Crippen LogP contribution is -1.94. The van der Waals surface area contributed by atoms with E-state index < -0.39 is 10.9 Å². The molecule has 0 bridgehead atoms. The number of fused-ring (bicyclic) bond motifs is 1. The predicted molar refractivity (Wildman–Crippen MR) is 77.8 cm³/mol. The van der Waals surface area contributed by atoms with Gasteiger partial charge in [-0.1, -0.05) is 6.07 Å². The molecule has 0 aliphatic heterocycles. The molecule has 0 atom stereocenters. The first-order valence-corrected chi connectivity index (χ1v) is 6.35. The van der Waals surface area contributed by atoms with Gasteiger partial charge in [0.2, 0.25) is 5.89 Å². The molecule has 0 aliphatic rings. The van der Waals surface area contributed by atoms with E-state index in [1.54, 1.807) is 19.1 Å². The quantitative estimate of drug-likeness (QED) is 0.586. The highest BCUT2D eigenvalue weighted by atomic mass is 16.6. The van der Waals surface area contributed by atoms with E-state index in [4.69, 9.17) is 9.52 Å². The van der Waals surface area contributed by atoms with Gasteiger partial charge in [-0.15, -0.1) is 0 Å². The molecule has 0 amide bonds. The first kappa shape index (κ1) is 13.7. The number of benzene rings is 2. The highest BCUT2D eigenvalue weighted by Gasteiger charge is 2.16. The molecule has 22 heavy (non-hydrogen) atoms. The summed E-state index contributed by atoms with van der Waals surface area (Å²) in [6.45, 7) is 1.65. The predicted octanol–water partition coefficient (Wildman–Crippen LogP) is 3.41. The molecule has 110 valence electrons. The molecule has 3 rings (SSSR count). The Labute approximate surface area is 124 Å². The molecule has 1 N–H and O–H groups in total. The number of aromatic nitrogens is 1. The maximum Gasteiger partial charge on any atom is 0.335 e. The number of rotatable bonds is 3. The second-order valence-corrected chi connectivity index (χ2v) is 4.77. The molecule has 0 spiro atoms. The molecular formula is C15H10N2O5. The molecule has 7 nitrogen and oxygen atoms in total. The van der Waals surface area contributed by atoms with Gasteiger partial charge in [0.05, 0.1) is 10.5 Å². The Hall–Kier alpha value is -3.22. The van der Waals surface area contributed by atoms with Crippen molar-refractivity contribution in [1.29, 1.82) is 0 Å². The molecular weight excluding hydrogens is 288 g/mol. The lowest BCUT2D eigenvalue weighted by atomic mass is 10.1. The summed E-state index contributed by atoms with van der Waals surface area (Å²) < 4.78 is 5.52. The van der Waals surface area contributed by atoms with E-state index in [-0.39, 0.29) is 17.1 Å². The van der Waals surface area contributed by atoms with Gasteiger partial charge in [0.25, 0.3) is 5.69 Å². The van der Waals surface area contributed by atoms with Crippen LogP contribution in [-0.4, -0.2) is 21.0 Å². The number of nitrogens with zero attached hydrogens (tertiary/aromatic N) is 2. The van der Waals surface area contributed by atoms with E-state index in [1.807, 2.05) is 0 Å². The van der Waals surface area contributed by atoms with Crippen molar-refractivity contribution in [2.75, 3.05) is 0 Å². The molecule has 0 radical (unpaired) electrons.